The molecule has 0 aliphatic carbocycles. The van der Waals surface area contributed by atoms with Crippen molar-refractivity contribution in [1.29, 1.82) is 0 Å². The average Bonchev–Trinajstić information content (AvgIpc) is 2.03. The van der Waals surface area contributed by atoms with Crippen molar-refractivity contribution in [3.8, 4) is 0 Å². The third-order valence-corrected chi connectivity index (χ3v) is 1.73. The van der Waals surface area contributed by atoms with Gasteiger partial charge in [0, 0.05) is 0 Å². The van der Waals surface area contributed by atoms with Gasteiger partial charge in [0.05, 0.1) is 0 Å². The predicted octanol–water partition coefficient (Wildman–Crippen LogP) is 3.25. The monoisotopic (exact) mass is 190 g/mol. The van der Waals surface area contributed by atoms with Crippen LogP contribution in [0.15, 0.2) is 46.4 Å². The van der Waals surface area contributed by atoms with E-state index in [9.17, 15) is 0 Å². The van der Waals surface area contributed by atoms with Crippen molar-refractivity contribution in [3.63, 3.8) is 0 Å². The predicted molar refractivity (Wildman–Crippen MR) is 47.9 cm³/mol. The molecule has 0 aromatic rings. The van der Waals surface area contributed by atoms with Crippen LogP contribution in [0.3, 0.4) is 0 Å². The maximum absolute atomic E-state index is 2.12. The molecule has 0 fully saturated rings. The van der Waals surface area contributed by atoms with Crippen molar-refractivity contribution in [3.05, 3.63) is 46.4 Å². The molecule has 0 rings (SSSR count). The van der Waals surface area contributed by atoms with Crippen molar-refractivity contribution in [2.75, 3.05) is 0 Å². The maximum atomic E-state index is 2.12. The van der Waals surface area contributed by atoms with E-state index < -0.39 is 0 Å². The van der Waals surface area contributed by atoms with Crippen molar-refractivity contribution in [1.82, 2.24) is 0 Å². The van der Waals surface area contributed by atoms with Gasteiger partial charge in [0.2, 0.25) is 0 Å². The molecule has 1 heteroatoms. The first-order chi connectivity index (χ1) is 5.41. The van der Waals surface area contributed by atoms with E-state index in [1.807, 2.05) is 38.2 Å². The molecule has 0 aromatic carbocycles. The van der Waals surface area contributed by atoms with Crippen LogP contribution in [0.4, 0.5) is 0 Å². The van der Waals surface area contributed by atoms with Gasteiger partial charge in [-0.15, -0.1) is 0 Å². The first-order valence-corrected chi connectivity index (χ1v) is 4.84. The summed E-state index contributed by atoms with van der Waals surface area (Å²) >= 11 is 1.01. The zero-order chi connectivity index (χ0) is 8.36. The summed E-state index contributed by atoms with van der Waals surface area (Å²) in [5.41, 5.74) is 0. The standard InChI is InChI=1S/2C5H7.Fe/c2*1-3-5-4-2;/h2*1,3-5H,2H3;. The van der Waals surface area contributed by atoms with Gasteiger partial charge in [0.15, 0.2) is 0 Å². The SMILES string of the molecule is CC=CC=[CH][Fe][CH]=CC=CC. The number of rotatable bonds is 4. The van der Waals surface area contributed by atoms with Gasteiger partial charge in [0.25, 0.3) is 0 Å². The summed E-state index contributed by atoms with van der Waals surface area (Å²) in [7, 11) is 0. The first-order valence-electron chi connectivity index (χ1n) is 3.56. The zero-order valence-electron chi connectivity index (χ0n) is 6.97. The Bertz CT molecular complexity index is 153. The molecular formula is C10H14Fe. The van der Waals surface area contributed by atoms with E-state index in [0.29, 0.717) is 0 Å². The summed E-state index contributed by atoms with van der Waals surface area (Å²) in [5.74, 6) is 0. The Labute approximate surface area is 75.5 Å². The van der Waals surface area contributed by atoms with Gasteiger partial charge < -0.3 is 0 Å². The molecule has 0 bridgehead atoms. The molecular weight excluding hydrogens is 176 g/mol. The van der Waals surface area contributed by atoms with Crippen LogP contribution in [0.25, 0.3) is 0 Å². The number of hydrogen-bond donors (Lipinski definition) is 0. The Hall–Kier alpha value is -0.521. The Kier molecular flexibility index (Phi) is 9.03. The fourth-order valence-corrected chi connectivity index (χ4v) is 1.03. The molecule has 0 nitrogen and oxygen atoms in total. The molecule has 0 saturated carbocycles. The van der Waals surface area contributed by atoms with Gasteiger partial charge in [0.1, 0.15) is 0 Å². The molecule has 0 amide bonds. The van der Waals surface area contributed by atoms with Gasteiger partial charge in [-0.05, 0) is 0 Å². The average molecular weight is 190 g/mol. The van der Waals surface area contributed by atoms with Crippen LogP contribution in [0, 0.1) is 0 Å². The molecule has 11 heavy (non-hydrogen) atoms. The van der Waals surface area contributed by atoms with Crippen molar-refractivity contribution in [2.45, 2.75) is 13.8 Å². The van der Waals surface area contributed by atoms with E-state index in [1.165, 1.54) is 0 Å². The molecule has 0 aliphatic rings. The van der Waals surface area contributed by atoms with E-state index in [4.69, 9.17) is 0 Å². The van der Waals surface area contributed by atoms with Crippen LogP contribution in [0.1, 0.15) is 13.8 Å². The molecule has 0 unspecified atom stereocenters. The molecule has 62 valence electrons. The summed E-state index contributed by atoms with van der Waals surface area (Å²) in [6, 6.07) is 0. The van der Waals surface area contributed by atoms with Crippen molar-refractivity contribution in [2.24, 2.45) is 0 Å². The summed E-state index contributed by atoms with van der Waals surface area (Å²) in [4.78, 5) is 4.25. The van der Waals surface area contributed by atoms with Gasteiger partial charge >= 0.3 is 75.2 Å². The molecule has 0 atom stereocenters. The first kappa shape index (κ1) is 10.5. The van der Waals surface area contributed by atoms with Crippen LogP contribution in [0.5, 0.6) is 0 Å². The van der Waals surface area contributed by atoms with Crippen LogP contribution in [-0.4, -0.2) is 0 Å². The summed E-state index contributed by atoms with van der Waals surface area (Å²) in [6.45, 7) is 4.03. The minimum atomic E-state index is 1.01. The van der Waals surface area contributed by atoms with Crippen LogP contribution in [-0.2, 0) is 15.0 Å². The fraction of sp³-hybridized carbons (Fsp3) is 0.200. The molecule has 0 saturated heterocycles. The van der Waals surface area contributed by atoms with E-state index >= 15 is 0 Å². The van der Waals surface area contributed by atoms with Gasteiger partial charge in [-0.25, -0.2) is 0 Å². The Balaban J connectivity index is 3.40. The van der Waals surface area contributed by atoms with E-state index in [2.05, 4.69) is 22.1 Å². The fourth-order valence-electron chi connectivity index (χ4n) is 0.419. The normalized spacial score (nSPS) is 13.6. The van der Waals surface area contributed by atoms with Crippen LogP contribution < -0.4 is 0 Å². The third-order valence-electron chi connectivity index (χ3n) is 0.879. The van der Waals surface area contributed by atoms with E-state index in [1.54, 1.807) is 0 Å². The van der Waals surface area contributed by atoms with Gasteiger partial charge in [-0.2, -0.15) is 0 Å². The molecule has 0 aliphatic heterocycles. The summed E-state index contributed by atoms with van der Waals surface area (Å²) in [6.07, 6.45) is 12.2. The van der Waals surface area contributed by atoms with Crippen LogP contribution in [0.2, 0.25) is 0 Å². The number of allylic oxidation sites excluding steroid dienone is 6. The van der Waals surface area contributed by atoms with Crippen molar-refractivity contribution < 1.29 is 15.0 Å². The molecule has 0 aromatic heterocycles. The van der Waals surface area contributed by atoms with Gasteiger partial charge in [-0.1, -0.05) is 0 Å². The minimum absolute atomic E-state index is 1.01. The molecule has 0 radical (unpaired) electrons. The zero-order valence-corrected chi connectivity index (χ0v) is 8.08. The number of hydrogen-bond acceptors (Lipinski definition) is 0. The van der Waals surface area contributed by atoms with Crippen molar-refractivity contribution >= 4 is 0 Å². The quantitative estimate of drug-likeness (QED) is 0.471. The third kappa shape index (κ3) is 9.48. The summed E-state index contributed by atoms with van der Waals surface area (Å²) < 4.78 is 0. The second-order valence-corrected chi connectivity index (χ2v) is 2.89. The molecule has 0 N–H and O–H groups in total. The second-order valence-electron chi connectivity index (χ2n) is 1.79. The Morgan fingerprint density at radius 3 is 1.55 bits per heavy atom. The molecule has 0 heterocycles. The topological polar surface area (TPSA) is 0 Å². The van der Waals surface area contributed by atoms with E-state index in [-0.39, 0.29) is 0 Å². The van der Waals surface area contributed by atoms with Crippen LogP contribution >= 0.6 is 0 Å². The molecule has 0 spiro atoms. The van der Waals surface area contributed by atoms with E-state index in [0.717, 1.165) is 15.0 Å². The second kappa shape index (κ2) is 9.48. The summed E-state index contributed by atoms with van der Waals surface area (Å²) in [5, 5.41) is 0. The Morgan fingerprint density at radius 1 is 0.727 bits per heavy atom. The van der Waals surface area contributed by atoms with Gasteiger partial charge in [-0.3, -0.25) is 0 Å². The Morgan fingerprint density at radius 2 is 1.18 bits per heavy atom.